The van der Waals surface area contributed by atoms with Crippen molar-refractivity contribution in [3.05, 3.63) is 65.5 Å². The molecule has 146 valence electrons. The largest absolute Gasteiger partial charge is 0.353 e. The van der Waals surface area contributed by atoms with Crippen molar-refractivity contribution in [2.75, 3.05) is 31.1 Å². The molecule has 6 nitrogen and oxygen atoms in total. The second kappa shape index (κ2) is 9.28. The Morgan fingerprint density at radius 1 is 1.21 bits per heavy atom. The number of rotatable bonds is 4. The summed E-state index contributed by atoms with van der Waals surface area (Å²) in [5, 5.41) is 0. The first-order valence-corrected chi connectivity index (χ1v) is 9.54. The quantitative estimate of drug-likeness (QED) is 0.658. The zero-order chi connectivity index (χ0) is 19.9. The molecule has 1 saturated heterocycles. The molecule has 0 bridgehead atoms. The van der Waals surface area contributed by atoms with Gasteiger partial charge in [0, 0.05) is 45.1 Å². The number of nitrogens with two attached hydrogens (primary N) is 1. The van der Waals surface area contributed by atoms with Crippen LogP contribution in [-0.2, 0) is 6.54 Å². The maximum atomic E-state index is 5.74. The van der Waals surface area contributed by atoms with Gasteiger partial charge in [-0.05, 0) is 48.9 Å². The van der Waals surface area contributed by atoms with Gasteiger partial charge in [0.2, 0.25) is 5.96 Å². The highest BCUT2D eigenvalue weighted by Crippen LogP contribution is 2.19. The number of nitrogens with zero attached hydrogens (tertiary/aromatic N) is 5. The minimum atomic E-state index is 0.532. The van der Waals surface area contributed by atoms with Crippen LogP contribution >= 0.6 is 0 Å². The molecule has 1 aromatic heterocycles. The van der Waals surface area contributed by atoms with Gasteiger partial charge in [-0.2, -0.15) is 0 Å². The van der Waals surface area contributed by atoms with Crippen molar-refractivity contribution in [1.82, 2.24) is 9.88 Å². The molecule has 0 aliphatic carbocycles. The Morgan fingerprint density at radius 2 is 2.00 bits per heavy atom. The molecule has 2 N–H and O–H groups in total. The number of piperazine rings is 1. The van der Waals surface area contributed by atoms with Gasteiger partial charge >= 0.3 is 0 Å². The van der Waals surface area contributed by atoms with Crippen LogP contribution in [0.25, 0.3) is 5.57 Å². The van der Waals surface area contributed by atoms with Crippen LogP contribution in [0.4, 0.5) is 5.82 Å². The first-order valence-electron chi connectivity index (χ1n) is 9.54. The SMILES string of the molecule is C=NC(=N/C=C(\C)c1cccc(CN)c1)N1CCN(c2ncccc2C)CC1. The standard InChI is InChI=1S/C22H28N6/c1-17-6-5-9-25-21(17)27-10-12-28(13-11-27)22(24-3)26-16-18(2)20-8-4-7-19(14-20)15-23/h4-9,14,16H,3,10-13,15,23H2,1-2H3/b18-16+,26-22?. The Bertz CT molecular complexity index is 878. The molecule has 0 saturated carbocycles. The van der Waals surface area contributed by atoms with Crippen molar-refractivity contribution in [2.24, 2.45) is 15.7 Å². The monoisotopic (exact) mass is 376 g/mol. The Hall–Kier alpha value is -2.99. The number of aryl methyl sites for hydroxylation is 1. The van der Waals surface area contributed by atoms with Gasteiger partial charge in [0.25, 0.3) is 0 Å². The Kier molecular flexibility index (Phi) is 6.55. The zero-order valence-corrected chi connectivity index (χ0v) is 16.7. The average Bonchev–Trinajstić information content (AvgIpc) is 2.75. The topological polar surface area (TPSA) is 70.1 Å². The molecule has 0 radical (unpaired) electrons. The maximum absolute atomic E-state index is 5.74. The van der Waals surface area contributed by atoms with Crippen molar-refractivity contribution in [2.45, 2.75) is 20.4 Å². The third-order valence-electron chi connectivity index (χ3n) is 4.98. The number of aliphatic imine (C=N–C) groups is 2. The van der Waals surface area contributed by atoms with Gasteiger partial charge in [-0.3, -0.25) is 0 Å². The predicted octanol–water partition coefficient (Wildman–Crippen LogP) is 3.09. The number of hydrogen-bond donors (Lipinski definition) is 1. The lowest BCUT2D eigenvalue weighted by Crippen LogP contribution is -2.48. The molecular weight excluding hydrogens is 348 g/mol. The molecule has 28 heavy (non-hydrogen) atoms. The first kappa shape index (κ1) is 19.8. The van der Waals surface area contributed by atoms with Crippen LogP contribution in [0.5, 0.6) is 0 Å². The Balaban J connectivity index is 1.68. The lowest BCUT2D eigenvalue weighted by molar-refractivity contribution is 0.381. The van der Waals surface area contributed by atoms with Gasteiger partial charge < -0.3 is 15.5 Å². The first-order chi connectivity index (χ1) is 13.6. The molecule has 0 spiro atoms. The van der Waals surface area contributed by atoms with E-state index < -0.39 is 0 Å². The van der Waals surface area contributed by atoms with Crippen LogP contribution in [0.2, 0.25) is 0 Å². The van der Waals surface area contributed by atoms with E-state index in [1.807, 2.05) is 37.5 Å². The highest BCUT2D eigenvalue weighted by molar-refractivity contribution is 5.85. The smallest absolute Gasteiger partial charge is 0.224 e. The fraction of sp³-hybridized carbons (Fsp3) is 0.318. The second-order valence-corrected chi connectivity index (χ2v) is 6.92. The van der Waals surface area contributed by atoms with E-state index in [1.54, 1.807) is 0 Å². The van der Waals surface area contributed by atoms with Crippen molar-refractivity contribution in [3.8, 4) is 0 Å². The molecule has 3 rings (SSSR count). The van der Waals surface area contributed by atoms with Gasteiger partial charge in [-0.25, -0.2) is 15.0 Å². The van der Waals surface area contributed by atoms with Crippen molar-refractivity contribution in [3.63, 3.8) is 0 Å². The van der Waals surface area contributed by atoms with Crippen molar-refractivity contribution in [1.29, 1.82) is 0 Å². The summed E-state index contributed by atoms with van der Waals surface area (Å²) in [5.41, 5.74) is 10.2. The summed E-state index contributed by atoms with van der Waals surface area (Å²) in [6.07, 6.45) is 3.70. The Morgan fingerprint density at radius 3 is 2.68 bits per heavy atom. The summed E-state index contributed by atoms with van der Waals surface area (Å²) < 4.78 is 0. The molecule has 6 heteroatoms. The summed E-state index contributed by atoms with van der Waals surface area (Å²) in [5.74, 6) is 1.72. The average molecular weight is 377 g/mol. The summed E-state index contributed by atoms with van der Waals surface area (Å²) in [6.45, 7) is 11.8. The molecule has 2 heterocycles. The number of benzene rings is 1. The van der Waals surface area contributed by atoms with Crippen LogP contribution in [0.15, 0.2) is 58.8 Å². The molecule has 0 atom stereocenters. The molecule has 1 fully saturated rings. The van der Waals surface area contributed by atoms with E-state index in [0.717, 1.165) is 48.7 Å². The lowest BCUT2D eigenvalue weighted by atomic mass is 10.1. The highest BCUT2D eigenvalue weighted by Gasteiger charge is 2.20. The lowest BCUT2D eigenvalue weighted by Gasteiger charge is -2.36. The fourth-order valence-electron chi connectivity index (χ4n) is 3.32. The third-order valence-corrected chi connectivity index (χ3v) is 4.98. The predicted molar refractivity (Wildman–Crippen MR) is 118 cm³/mol. The van der Waals surface area contributed by atoms with Crippen LogP contribution in [0, 0.1) is 6.92 Å². The molecule has 1 aliphatic heterocycles. The van der Waals surface area contributed by atoms with E-state index in [-0.39, 0.29) is 0 Å². The minimum absolute atomic E-state index is 0.532. The third kappa shape index (κ3) is 4.64. The van der Waals surface area contributed by atoms with Gasteiger partial charge in [0.1, 0.15) is 5.82 Å². The second-order valence-electron chi connectivity index (χ2n) is 6.92. The van der Waals surface area contributed by atoms with Crippen LogP contribution in [0.1, 0.15) is 23.6 Å². The molecular formula is C22H28N6. The Labute approximate surface area is 167 Å². The fourth-order valence-corrected chi connectivity index (χ4v) is 3.32. The van der Waals surface area contributed by atoms with E-state index in [2.05, 4.69) is 56.6 Å². The molecule has 0 unspecified atom stereocenters. The number of anilines is 1. The number of guanidine groups is 1. The van der Waals surface area contributed by atoms with E-state index in [9.17, 15) is 0 Å². The van der Waals surface area contributed by atoms with Gasteiger partial charge in [0.15, 0.2) is 0 Å². The number of pyridine rings is 1. The highest BCUT2D eigenvalue weighted by atomic mass is 15.3. The summed E-state index contributed by atoms with van der Waals surface area (Å²) >= 11 is 0. The van der Waals surface area contributed by atoms with Gasteiger partial charge in [0.05, 0.1) is 0 Å². The van der Waals surface area contributed by atoms with Crippen molar-refractivity contribution >= 4 is 24.1 Å². The van der Waals surface area contributed by atoms with E-state index in [0.29, 0.717) is 12.5 Å². The summed E-state index contributed by atoms with van der Waals surface area (Å²) in [4.78, 5) is 17.8. The molecule has 2 aromatic rings. The van der Waals surface area contributed by atoms with E-state index in [1.165, 1.54) is 5.56 Å². The van der Waals surface area contributed by atoms with Crippen molar-refractivity contribution < 1.29 is 0 Å². The molecule has 1 aliphatic rings. The van der Waals surface area contributed by atoms with Gasteiger partial charge in [-0.1, -0.05) is 30.3 Å². The number of hydrogen-bond acceptors (Lipinski definition) is 4. The van der Waals surface area contributed by atoms with Crippen LogP contribution < -0.4 is 10.6 Å². The number of allylic oxidation sites excluding steroid dienone is 1. The van der Waals surface area contributed by atoms with E-state index >= 15 is 0 Å². The van der Waals surface area contributed by atoms with Crippen LogP contribution in [-0.4, -0.2) is 48.7 Å². The minimum Gasteiger partial charge on any atom is -0.353 e. The number of aromatic nitrogens is 1. The van der Waals surface area contributed by atoms with Gasteiger partial charge in [-0.15, -0.1) is 0 Å². The van der Waals surface area contributed by atoms with Crippen LogP contribution in [0.3, 0.4) is 0 Å². The van der Waals surface area contributed by atoms with E-state index in [4.69, 9.17) is 5.73 Å². The zero-order valence-electron chi connectivity index (χ0n) is 16.7. The summed E-state index contributed by atoms with van der Waals surface area (Å²) in [7, 11) is 0. The molecule has 1 aromatic carbocycles. The molecule has 0 amide bonds. The maximum Gasteiger partial charge on any atom is 0.224 e. The normalized spacial score (nSPS) is 15.7. The summed E-state index contributed by atoms with van der Waals surface area (Å²) in [6, 6.07) is 12.3.